The molecule has 2 heterocycles. The molecule has 1 aromatic carbocycles. The van der Waals surface area contributed by atoms with Crippen molar-refractivity contribution in [2.45, 2.75) is 62.2 Å². The first-order chi connectivity index (χ1) is 15.1. The molecule has 0 bridgehead atoms. The summed E-state index contributed by atoms with van der Waals surface area (Å²) in [5.41, 5.74) is 6.65. The Morgan fingerprint density at radius 2 is 1.85 bits per heavy atom. The summed E-state index contributed by atoms with van der Waals surface area (Å²) in [4.78, 5) is 51.0. The van der Waals surface area contributed by atoms with Crippen molar-refractivity contribution >= 4 is 48.1 Å². The Hall–Kier alpha value is -2.50. The number of nitrogens with two attached hydrogens (primary N) is 1. The normalized spacial score (nSPS) is 24.3. The fourth-order valence-electron chi connectivity index (χ4n) is 3.72. The fraction of sp³-hybridized carbons (Fsp3) is 0.524. The highest BCUT2D eigenvalue weighted by Crippen LogP contribution is 2.51. The number of amides is 2. The molecule has 1 aromatic rings. The maximum Gasteiger partial charge on any atom is 0.511 e. The minimum absolute atomic E-state index is 0. The van der Waals surface area contributed by atoms with Gasteiger partial charge in [0, 0.05) is 11.7 Å². The molecule has 0 aliphatic carbocycles. The molecule has 2 saturated heterocycles. The summed E-state index contributed by atoms with van der Waals surface area (Å²) in [5.74, 6) is -1.58. The maximum atomic E-state index is 12.8. The van der Waals surface area contributed by atoms with Gasteiger partial charge in [-0.1, -0.05) is 30.3 Å². The van der Waals surface area contributed by atoms with Gasteiger partial charge in [-0.25, -0.2) is 9.59 Å². The van der Waals surface area contributed by atoms with E-state index in [2.05, 4.69) is 10.1 Å². The van der Waals surface area contributed by atoms with Gasteiger partial charge in [-0.05, 0) is 26.3 Å². The first-order valence-electron chi connectivity index (χ1n) is 10.2. The summed E-state index contributed by atoms with van der Waals surface area (Å²) in [6.07, 6.45) is -2.14. The largest absolute Gasteiger partial charge is 0.511 e. The van der Waals surface area contributed by atoms with Crippen LogP contribution in [0.3, 0.4) is 0 Å². The number of carbonyl (C=O) groups is 4. The average Bonchev–Trinajstić information content (AvgIpc) is 2.99. The van der Waals surface area contributed by atoms with Gasteiger partial charge >= 0.3 is 12.1 Å². The molecule has 2 aliphatic heterocycles. The highest BCUT2D eigenvalue weighted by Gasteiger charge is 2.64. The number of rotatable bonds is 7. The molecule has 33 heavy (non-hydrogen) atoms. The second-order valence-corrected chi connectivity index (χ2v) is 9.71. The van der Waals surface area contributed by atoms with Crippen LogP contribution in [-0.2, 0) is 28.6 Å². The zero-order valence-electron chi connectivity index (χ0n) is 18.7. The van der Waals surface area contributed by atoms with E-state index in [4.69, 9.17) is 15.2 Å². The number of fused-ring (bicyclic) bond motifs is 1. The number of thioether (sulfide) groups is 1. The van der Waals surface area contributed by atoms with Crippen LogP contribution in [0.25, 0.3) is 0 Å². The SMILES string of the molecule is CCOC(=O)OC(C)OC(=O)[C@@H]1N2C(=O)[C@@H](NC(=O)C(N)c3ccccc3)[C@H]2SC1(C)C.Cl. The molecule has 10 nitrogen and oxygen atoms in total. The van der Waals surface area contributed by atoms with Gasteiger partial charge in [0.25, 0.3) is 0 Å². The van der Waals surface area contributed by atoms with Gasteiger partial charge in [0.1, 0.15) is 23.5 Å². The van der Waals surface area contributed by atoms with Crippen LogP contribution in [0.15, 0.2) is 30.3 Å². The van der Waals surface area contributed by atoms with E-state index in [9.17, 15) is 19.2 Å². The predicted octanol–water partition coefficient (Wildman–Crippen LogP) is 1.72. The lowest BCUT2D eigenvalue weighted by Gasteiger charge is -2.44. The summed E-state index contributed by atoms with van der Waals surface area (Å²) in [6.45, 7) is 6.74. The van der Waals surface area contributed by atoms with Gasteiger partial charge in [0.15, 0.2) is 0 Å². The Balaban J connectivity index is 0.00000385. The van der Waals surface area contributed by atoms with Gasteiger partial charge in [-0.2, -0.15) is 0 Å². The van der Waals surface area contributed by atoms with E-state index in [1.807, 2.05) is 6.07 Å². The molecule has 3 rings (SSSR count). The fourth-order valence-corrected chi connectivity index (χ4v) is 5.34. The third kappa shape index (κ3) is 5.53. The first kappa shape index (κ1) is 26.7. The Bertz CT molecular complexity index is 901. The molecule has 0 saturated carbocycles. The molecule has 2 aliphatic rings. The van der Waals surface area contributed by atoms with Gasteiger partial charge in [0.05, 0.1) is 6.61 Å². The van der Waals surface area contributed by atoms with E-state index >= 15 is 0 Å². The Morgan fingerprint density at radius 3 is 2.45 bits per heavy atom. The Morgan fingerprint density at radius 1 is 1.21 bits per heavy atom. The summed E-state index contributed by atoms with van der Waals surface area (Å²) >= 11 is 1.38. The quantitative estimate of drug-likeness (QED) is 0.325. The van der Waals surface area contributed by atoms with Crippen LogP contribution in [0.4, 0.5) is 4.79 Å². The highest BCUT2D eigenvalue weighted by atomic mass is 35.5. The van der Waals surface area contributed by atoms with Gasteiger partial charge in [-0.3, -0.25) is 9.59 Å². The van der Waals surface area contributed by atoms with Crippen LogP contribution in [-0.4, -0.2) is 63.9 Å². The van der Waals surface area contributed by atoms with Gasteiger partial charge in [-0.15, -0.1) is 24.2 Å². The van der Waals surface area contributed by atoms with Crippen LogP contribution < -0.4 is 11.1 Å². The average molecular weight is 502 g/mol. The maximum absolute atomic E-state index is 12.8. The second kappa shape index (κ2) is 10.6. The molecule has 0 spiro atoms. The van der Waals surface area contributed by atoms with Crippen molar-refractivity contribution < 1.29 is 33.4 Å². The molecule has 2 amide bonds. The number of esters is 1. The lowest BCUT2D eigenvalue weighted by atomic mass is 9.95. The Labute approximate surface area is 202 Å². The van der Waals surface area contributed by atoms with Crippen molar-refractivity contribution in [1.82, 2.24) is 10.2 Å². The van der Waals surface area contributed by atoms with Crippen molar-refractivity contribution in [2.75, 3.05) is 6.61 Å². The zero-order valence-corrected chi connectivity index (χ0v) is 20.3. The molecule has 0 aromatic heterocycles. The topological polar surface area (TPSA) is 137 Å². The van der Waals surface area contributed by atoms with E-state index in [1.54, 1.807) is 45.0 Å². The number of halogens is 1. The minimum Gasteiger partial charge on any atom is -0.435 e. The van der Waals surface area contributed by atoms with Crippen molar-refractivity contribution in [3.63, 3.8) is 0 Å². The summed E-state index contributed by atoms with van der Waals surface area (Å²) in [6, 6.07) is 6.21. The molecule has 3 N–H and O–H groups in total. The minimum atomic E-state index is -1.18. The van der Waals surface area contributed by atoms with Crippen LogP contribution in [0.2, 0.25) is 0 Å². The van der Waals surface area contributed by atoms with Crippen molar-refractivity contribution in [3.8, 4) is 0 Å². The van der Waals surface area contributed by atoms with E-state index < -0.39 is 58.5 Å². The third-order valence-corrected chi connectivity index (χ3v) is 6.78. The van der Waals surface area contributed by atoms with Gasteiger partial charge < -0.3 is 30.2 Å². The second-order valence-electron chi connectivity index (χ2n) is 7.94. The molecule has 2 fully saturated rings. The number of hydrogen-bond donors (Lipinski definition) is 2. The lowest BCUT2D eigenvalue weighted by Crippen LogP contribution is -2.71. The van der Waals surface area contributed by atoms with Crippen molar-refractivity contribution in [1.29, 1.82) is 0 Å². The first-order valence-corrected chi connectivity index (χ1v) is 11.1. The molecule has 0 radical (unpaired) electrons. The zero-order chi connectivity index (χ0) is 23.6. The monoisotopic (exact) mass is 501 g/mol. The van der Waals surface area contributed by atoms with Crippen LogP contribution in [0, 0.1) is 0 Å². The van der Waals surface area contributed by atoms with E-state index in [-0.39, 0.29) is 19.0 Å². The number of nitrogens with zero attached hydrogens (tertiary/aromatic N) is 1. The van der Waals surface area contributed by atoms with Gasteiger partial charge in [0.2, 0.25) is 18.1 Å². The third-order valence-electron chi connectivity index (χ3n) is 5.21. The number of β-lactam (4-membered cyclic amide) rings is 1. The Kier molecular flexibility index (Phi) is 8.61. The predicted molar refractivity (Wildman–Crippen MR) is 122 cm³/mol. The summed E-state index contributed by atoms with van der Waals surface area (Å²) < 4.78 is 14.0. The van der Waals surface area contributed by atoms with E-state index in [0.717, 1.165) is 0 Å². The molecule has 12 heteroatoms. The lowest BCUT2D eigenvalue weighted by molar-refractivity contribution is -0.180. The van der Waals surface area contributed by atoms with Crippen LogP contribution >= 0.6 is 24.2 Å². The van der Waals surface area contributed by atoms with Crippen LogP contribution in [0.5, 0.6) is 0 Å². The van der Waals surface area contributed by atoms with E-state index in [1.165, 1.54) is 23.6 Å². The van der Waals surface area contributed by atoms with Crippen LogP contribution in [0.1, 0.15) is 39.3 Å². The molecule has 182 valence electrons. The molecule has 2 unspecified atom stereocenters. The highest BCUT2D eigenvalue weighted by molar-refractivity contribution is 8.01. The number of carbonyl (C=O) groups excluding carboxylic acids is 4. The van der Waals surface area contributed by atoms with Crippen molar-refractivity contribution in [2.24, 2.45) is 5.73 Å². The number of ether oxygens (including phenoxy) is 3. The molecular weight excluding hydrogens is 474 g/mol. The summed E-state index contributed by atoms with van der Waals surface area (Å²) in [7, 11) is 0. The number of benzene rings is 1. The van der Waals surface area contributed by atoms with Crippen molar-refractivity contribution in [3.05, 3.63) is 35.9 Å². The standard InChI is InChI=1S/C21H27N3O7S.ClH/c1-5-29-20(28)31-11(2)30-19(27)15-21(3,4)32-18-14(17(26)24(15)18)23-16(25)13(22)12-9-7-6-8-10-12;/h6-11,13-15,18H,5,22H2,1-4H3,(H,23,25);1H/t11?,13?,14-,15+,18-;/m1./s1. The molecule has 5 atom stereocenters. The smallest absolute Gasteiger partial charge is 0.435 e. The number of nitrogens with one attached hydrogen (secondary N) is 1. The summed E-state index contributed by atoms with van der Waals surface area (Å²) in [5, 5.41) is 2.26. The number of hydrogen-bond acceptors (Lipinski definition) is 9. The molecular formula is C21H28ClN3O7S. The van der Waals surface area contributed by atoms with E-state index in [0.29, 0.717) is 5.56 Å².